The topological polar surface area (TPSA) is 91.2 Å². The maximum atomic E-state index is 10.5. The van der Waals surface area contributed by atoms with Crippen molar-refractivity contribution in [2.24, 2.45) is 4.99 Å². The van der Waals surface area contributed by atoms with Crippen molar-refractivity contribution in [1.82, 2.24) is 15.2 Å². The third-order valence-electron chi connectivity index (χ3n) is 2.28. The lowest BCUT2D eigenvalue weighted by Crippen LogP contribution is -1.97. The number of benzene rings is 1. The first kappa shape index (κ1) is 13.3. The summed E-state index contributed by atoms with van der Waals surface area (Å²) in [5.74, 6) is -0.341. The van der Waals surface area contributed by atoms with E-state index in [9.17, 15) is 4.79 Å². The second kappa shape index (κ2) is 6.14. The van der Waals surface area contributed by atoms with Gasteiger partial charge in [0, 0.05) is 5.56 Å². The van der Waals surface area contributed by atoms with E-state index >= 15 is 0 Å². The van der Waals surface area contributed by atoms with Gasteiger partial charge in [-0.2, -0.15) is 0 Å². The summed E-state index contributed by atoms with van der Waals surface area (Å²) in [6, 6.07) is 7.71. The number of nitrogens with zero attached hydrogens (tertiary/aromatic N) is 3. The number of carbonyl (C=O) groups is 1. The maximum Gasteiger partial charge on any atom is 0.313 e. The minimum Gasteiger partial charge on any atom is -0.481 e. The number of aliphatic imine (C=N–C) groups is 1. The molecule has 19 heavy (non-hydrogen) atoms. The molecule has 1 aromatic carbocycles. The lowest BCUT2D eigenvalue weighted by Gasteiger charge is -1.99. The van der Waals surface area contributed by atoms with Gasteiger partial charge in [-0.25, -0.2) is 4.98 Å². The number of hydrogen-bond acceptors (Lipinski definition) is 5. The van der Waals surface area contributed by atoms with Gasteiger partial charge >= 0.3 is 5.97 Å². The van der Waals surface area contributed by atoms with Crippen LogP contribution >= 0.6 is 11.8 Å². The van der Waals surface area contributed by atoms with E-state index in [-0.39, 0.29) is 5.75 Å². The monoisotopic (exact) mass is 276 g/mol. The molecule has 0 aliphatic carbocycles. The maximum absolute atomic E-state index is 10.5. The molecule has 2 N–H and O–H groups in total. The van der Waals surface area contributed by atoms with Crippen LogP contribution in [0.5, 0.6) is 0 Å². The van der Waals surface area contributed by atoms with Crippen molar-refractivity contribution < 1.29 is 9.90 Å². The number of aliphatic carboxylic acids is 1. The number of hydrogen-bond donors (Lipinski definition) is 2. The van der Waals surface area contributed by atoms with Gasteiger partial charge in [0.25, 0.3) is 0 Å². The smallest absolute Gasteiger partial charge is 0.313 e. The van der Waals surface area contributed by atoms with E-state index < -0.39 is 5.97 Å². The van der Waals surface area contributed by atoms with Crippen molar-refractivity contribution in [3.8, 4) is 11.4 Å². The summed E-state index contributed by atoms with van der Waals surface area (Å²) < 4.78 is 0. The van der Waals surface area contributed by atoms with Gasteiger partial charge in [-0.1, -0.05) is 30.0 Å². The predicted molar refractivity (Wildman–Crippen MR) is 73.4 cm³/mol. The molecule has 0 atom stereocenters. The average molecular weight is 276 g/mol. The van der Waals surface area contributed by atoms with Crippen LogP contribution in [0.25, 0.3) is 11.4 Å². The van der Waals surface area contributed by atoms with Gasteiger partial charge in [-0.3, -0.25) is 14.9 Å². The summed E-state index contributed by atoms with van der Waals surface area (Å²) >= 11 is 1.08. The highest BCUT2D eigenvalue weighted by Gasteiger charge is 2.08. The number of H-pyrrole nitrogens is 1. The lowest BCUT2D eigenvalue weighted by atomic mass is 10.1. The zero-order chi connectivity index (χ0) is 13.7. The summed E-state index contributed by atoms with van der Waals surface area (Å²) in [6.45, 7) is 4.00. The molecule has 1 aromatic heterocycles. The van der Waals surface area contributed by atoms with E-state index in [1.54, 1.807) is 0 Å². The Labute approximate surface area is 114 Å². The molecule has 0 amide bonds. The van der Waals surface area contributed by atoms with Crippen LogP contribution in [0.3, 0.4) is 0 Å². The van der Waals surface area contributed by atoms with Gasteiger partial charge in [0.15, 0.2) is 5.82 Å². The summed E-state index contributed by atoms with van der Waals surface area (Å²) in [4.78, 5) is 18.5. The molecular weight excluding hydrogens is 264 g/mol. The van der Waals surface area contributed by atoms with Crippen LogP contribution in [-0.2, 0) is 11.3 Å². The number of aromatic amines is 1. The molecular formula is C12H12N4O2S. The van der Waals surface area contributed by atoms with Crippen molar-refractivity contribution in [3.63, 3.8) is 0 Å². The fraction of sp³-hybridized carbons (Fsp3) is 0.167. The first-order valence-corrected chi connectivity index (χ1v) is 6.46. The fourth-order valence-corrected chi connectivity index (χ4v) is 2.03. The third kappa shape index (κ3) is 3.65. The van der Waals surface area contributed by atoms with Gasteiger partial charge in [-0.15, -0.1) is 5.10 Å². The Kier molecular flexibility index (Phi) is 4.30. The second-order valence-electron chi connectivity index (χ2n) is 3.73. The molecule has 0 saturated carbocycles. The Morgan fingerprint density at radius 1 is 1.53 bits per heavy atom. The van der Waals surface area contributed by atoms with Crippen LogP contribution in [-0.4, -0.2) is 38.7 Å². The molecule has 2 aromatic rings. The number of thioether (sulfide) groups is 1. The average Bonchev–Trinajstić information content (AvgIpc) is 2.86. The predicted octanol–water partition coefficient (Wildman–Crippen LogP) is 1.85. The van der Waals surface area contributed by atoms with Crippen molar-refractivity contribution in [3.05, 3.63) is 29.8 Å². The molecule has 0 bridgehead atoms. The first-order chi connectivity index (χ1) is 9.19. The number of carboxylic acids is 1. The highest BCUT2D eigenvalue weighted by Crippen LogP contribution is 2.20. The van der Waals surface area contributed by atoms with E-state index in [0.29, 0.717) is 17.5 Å². The number of aromatic nitrogens is 3. The van der Waals surface area contributed by atoms with Crippen LogP contribution in [0.2, 0.25) is 0 Å². The van der Waals surface area contributed by atoms with Crippen molar-refractivity contribution in [1.29, 1.82) is 0 Å². The fourth-order valence-electron chi connectivity index (χ4n) is 1.51. The number of rotatable bonds is 6. The molecule has 0 saturated heterocycles. The molecule has 0 radical (unpaired) electrons. The third-order valence-corrected chi connectivity index (χ3v) is 3.12. The van der Waals surface area contributed by atoms with E-state index in [2.05, 4.69) is 26.9 Å². The summed E-state index contributed by atoms with van der Waals surface area (Å²) in [7, 11) is 0. The summed E-state index contributed by atoms with van der Waals surface area (Å²) in [6.07, 6.45) is 0. The minimum absolute atomic E-state index is 0.0578. The van der Waals surface area contributed by atoms with Crippen molar-refractivity contribution in [2.45, 2.75) is 11.7 Å². The standard InChI is InChI=1S/C12H12N4O2S/c1-13-6-8-3-2-4-9(5-8)11-14-12(16-15-11)19-7-10(17)18/h2-5H,1,6-7H2,(H,17,18)(H,14,15,16). The highest BCUT2D eigenvalue weighted by molar-refractivity contribution is 7.99. The molecule has 2 rings (SSSR count). The zero-order valence-electron chi connectivity index (χ0n) is 10.0. The van der Waals surface area contributed by atoms with Gasteiger partial charge in [0.1, 0.15) is 0 Å². The largest absolute Gasteiger partial charge is 0.481 e. The van der Waals surface area contributed by atoms with E-state index in [1.807, 2.05) is 24.3 Å². The minimum atomic E-state index is -0.893. The molecule has 0 fully saturated rings. The molecule has 0 unspecified atom stereocenters. The Hall–Kier alpha value is -2.15. The zero-order valence-corrected chi connectivity index (χ0v) is 10.9. The number of carboxylic acid groups (broad SMARTS) is 1. The number of nitrogens with one attached hydrogen (secondary N) is 1. The molecule has 98 valence electrons. The normalized spacial score (nSPS) is 10.3. The van der Waals surface area contributed by atoms with E-state index in [4.69, 9.17) is 5.11 Å². The quantitative estimate of drug-likeness (QED) is 0.620. The molecule has 7 heteroatoms. The highest BCUT2D eigenvalue weighted by atomic mass is 32.2. The molecule has 0 spiro atoms. The van der Waals surface area contributed by atoms with Crippen molar-refractivity contribution >= 4 is 24.4 Å². The van der Waals surface area contributed by atoms with Gasteiger partial charge in [0.05, 0.1) is 12.3 Å². The molecule has 6 nitrogen and oxygen atoms in total. The van der Waals surface area contributed by atoms with Crippen LogP contribution in [0, 0.1) is 0 Å². The SMILES string of the molecule is C=NCc1cccc(-c2nc(SCC(=O)O)n[nH]2)c1. The summed E-state index contributed by atoms with van der Waals surface area (Å²) in [5, 5.41) is 15.8. The van der Waals surface area contributed by atoms with Crippen LogP contribution in [0.4, 0.5) is 0 Å². The summed E-state index contributed by atoms with van der Waals surface area (Å²) in [5.41, 5.74) is 1.92. The molecule has 1 heterocycles. The van der Waals surface area contributed by atoms with Crippen LogP contribution in [0.15, 0.2) is 34.4 Å². The molecule has 0 aliphatic rings. The van der Waals surface area contributed by atoms with Gasteiger partial charge in [-0.05, 0) is 18.3 Å². The van der Waals surface area contributed by atoms with Crippen LogP contribution in [0.1, 0.15) is 5.56 Å². The Morgan fingerprint density at radius 2 is 2.37 bits per heavy atom. The van der Waals surface area contributed by atoms with Crippen molar-refractivity contribution in [2.75, 3.05) is 5.75 Å². The second-order valence-corrected chi connectivity index (χ2v) is 4.67. The van der Waals surface area contributed by atoms with Gasteiger partial charge < -0.3 is 5.11 Å². The van der Waals surface area contributed by atoms with E-state index in [1.165, 1.54) is 0 Å². The van der Waals surface area contributed by atoms with E-state index in [0.717, 1.165) is 22.9 Å². The Morgan fingerprint density at radius 3 is 3.11 bits per heavy atom. The van der Waals surface area contributed by atoms with Gasteiger partial charge in [0.2, 0.25) is 5.16 Å². The molecule has 0 aliphatic heterocycles. The first-order valence-electron chi connectivity index (χ1n) is 5.48. The lowest BCUT2D eigenvalue weighted by molar-refractivity contribution is -0.133. The Balaban J connectivity index is 2.15. The Bertz CT molecular complexity index is 597. The van der Waals surface area contributed by atoms with Crippen LogP contribution < -0.4 is 0 Å².